The Morgan fingerprint density at radius 1 is 0.597 bits per heavy atom. The van der Waals surface area contributed by atoms with E-state index >= 15 is 0 Å². The fourth-order valence-electron chi connectivity index (χ4n) is 9.31. The summed E-state index contributed by atoms with van der Waals surface area (Å²) in [7, 11) is 0. The van der Waals surface area contributed by atoms with Gasteiger partial charge in [-0.15, -0.1) is 53.6 Å². The van der Waals surface area contributed by atoms with Crippen molar-refractivity contribution in [1.82, 2.24) is 19.5 Å². The molecule has 0 aliphatic carbocycles. The van der Waals surface area contributed by atoms with E-state index in [2.05, 4.69) is 184 Å². The van der Waals surface area contributed by atoms with Crippen LogP contribution in [0.2, 0.25) is 0 Å². The summed E-state index contributed by atoms with van der Waals surface area (Å²) >= 11 is 0. The predicted molar refractivity (Wildman–Crippen MR) is 299 cm³/mol. The molecule has 10 rings (SSSR count). The first-order valence-corrected chi connectivity index (χ1v) is 25.0. The third-order valence-electron chi connectivity index (χ3n) is 13.5. The standard InChI is InChI=1S/C51H52N3O.C15H16N.Ir/c1-30(2)40-27-34(33-17-13-12-14-18-33)28-41(31(3)4)46(40)54-44-20-16-15-19-43(44)52-48(54)39-22-21-32(5)45-38-23-24-42(53-49(38)55-47(39)45)35-25-36(50(6,7)8)29-37(26-35)51(9,10)11;1-15(2,3)13-9-10-16-14(11-13)12-7-5-4-6-8-12;/h12-21,23-31H,1-11H3;4-7,9-11H,1-3H3;/q2*-1;/i5D3;;. The van der Waals surface area contributed by atoms with E-state index in [9.17, 15) is 0 Å². The second-order valence-electron chi connectivity index (χ2n) is 22.6. The Balaban J connectivity index is 0.000000375. The molecule has 72 heavy (non-hydrogen) atoms. The number of aromatic nitrogens is 4. The maximum Gasteiger partial charge on any atom is 0.216 e. The number of aryl methyl sites for hydroxylation is 1. The van der Waals surface area contributed by atoms with E-state index in [0.29, 0.717) is 33.5 Å². The summed E-state index contributed by atoms with van der Waals surface area (Å²) in [5.41, 5.74) is 16.6. The number of furan rings is 1. The van der Waals surface area contributed by atoms with E-state index in [-0.39, 0.29) is 53.7 Å². The van der Waals surface area contributed by atoms with Gasteiger partial charge in [0.25, 0.3) is 0 Å². The van der Waals surface area contributed by atoms with Gasteiger partial charge in [0.15, 0.2) is 0 Å². The molecule has 5 nitrogen and oxygen atoms in total. The van der Waals surface area contributed by atoms with Crippen LogP contribution in [0.5, 0.6) is 0 Å². The normalized spacial score (nSPS) is 13.0. The fourth-order valence-corrected chi connectivity index (χ4v) is 9.31. The van der Waals surface area contributed by atoms with Crippen LogP contribution in [0.4, 0.5) is 0 Å². The summed E-state index contributed by atoms with van der Waals surface area (Å²) in [6.07, 6.45) is 1.87. The number of imidazole rings is 1. The Labute approximate surface area is 445 Å². The van der Waals surface area contributed by atoms with Gasteiger partial charge in [-0.1, -0.05) is 162 Å². The van der Waals surface area contributed by atoms with Gasteiger partial charge < -0.3 is 14.0 Å². The van der Waals surface area contributed by atoms with E-state index in [0.717, 1.165) is 44.8 Å². The molecule has 4 aromatic heterocycles. The summed E-state index contributed by atoms with van der Waals surface area (Å²) in [5, 5.41) is 1.15. The van der Waals surface area contributed by atoms with Crippen LogP contribution in [0, 0.1) is 19.0 Å². The number of rotatable bonds is 7. The molecule has 0 saturated heterocycles. The van der Waals surface area contributed by atoms with Gasteiger partial charge in [-0.2, -0.15) is 0 Å². The molecule has 0 aliphatic rings. The van der Waals surface area contributed by atoms with E-state index in [1.807, 2.05) is 66.9 Å². The van der Waals surface area contributed by atoms with Gasteiger partial charge in [-0.25, -0.2) is 4.98 Å². The van der Waals surface area contributed by atoms with Crippen LogP contribution in [-0.2, 0) is 36.4 Å². The molecule has 0 aliphatic heterocycles. The zero-order valence-corrected chi connectivity index (χ0v) is 46.4. The SMILES string of the molecule is CC(C)(C)c1ccnc(-c2[c-]cccc2)c1.[2H]C([2H])([2H])c1c[c-]c(-c2nc3ccccc3n2-c2c(C(C)C)cc(-c3ccccc3)cc2C(C)C)c2oc3nc(-c4cc(C(C)(C)C)cc(C(C)(C)C)c4)ccc3c12.[Ir]. The van der Waals surface area contributed by atoms with Crippen molar-refractivity contribution in [3.8, 4) is 50.7 Å². The van der Waals surface area contributed by atoms with Crippen LogP contribution < -0.4 is 0 Å². The van der Waals surface area contributed by atoms with Crippen LogP contribution in [0.1, 0.15) is 139 Å². The van der Waals surface area contributed by atoms with E-state index in [1.54, 1.807) is 6.07 Å². The van der Waals surface area contributed by atoms with Crippen molar-refractivity contribution in [3.05, 3.63) is 191 Å². The molecule has 369 valence electrons. The van der Waals surface area contributed by atoms with Crippen LogP contribution in [0.25, 0.3) is 83.8 Å². The van der Waals surface area contributed by atoms with Gasteiger partial charge in [-0.05, 0) is 127 Å². The number of hydrogen-bond donors (Lipinski definition) is 0. The first-order chi connectivity index (χ1) is 34.9. The molecule has 0 spiro atoms. The van der Waals surface area contributed by atoms with Gasteiger partial charge in [0.1, 0.15) is 0 Å². The molecule has 6 aromatic carbocycles. The van der Waals surface area contributed by atoms with Crippen molar-refractivity contribution in [2.45, 2.75) is 125 Å². The number of benzene rings is 6. The Hall–Kier alpha value is -6.46. The molecular weight excluding hydrogens is 1060 g/mol. The van der Waals surface area contributed by atoms with E-state index < -0.39 is 6.85 Å². The summed E-state index contributed by atoms with van der Waals surface area (Å²) in [6.45, 7) is 26.5. The van der Waals surface area contributed by atoms with Gasteiger partial charge >= 0.3 is 0 Å². The van der Waals surface area contributed by atoms with Crippen molar-refractivity contribution < 1.29 is 28.6 Å². The summed E-state index contributed by atoms with van der Waals surface area (Å²) < 4.78 is 34.9. The first-order valence-electron chi connectivity index (χ1n) is 26.5. The number of para-hydroxylation sites is 2. The number of hydrogen-bond acceptors (Lipinski definition) is 4. The third kappa shape index (κ3) is 10.4. The first kappa shape index (κ1) is 47.8. The largest absolute Gasteiger partial charge is 0.486 e. The quantitative estimate of drug-likeness (QED) is 0.149. The van der Waals surface area contributed by atoms with E-state index in [4.69, 9.17) is 18.5 Å². The summed E-state index contributed by atoms with van der Waals surface area (Å²) in [4.78, 5) is 14.8. The van der Waals surface area contributed by atoms with Crippen LogP contribution in [0.15, 0.2) is 150 Å². The topological polar surface area (TPSA) is 56.7 Å². The van der Waals surface area contributed by atoms with Gasteiger partial charge in [0, 0.05) is 47.1 Å². The second-order valence-corrected chi connectivity index (χ2v) is 22.6. The van der Waals surface area contributed by atoms with Crippen LogP contribution in [-0.4, -0.2) is 19.5 Å². The number of fused-ring (bicyclic) bond motifs is 4. The molecule has 0 unspecified atom stereocenters. The Bertz CT molecular complexity index is 3600. The average Bonchev–Trinajstić information content (AvgIpc) is 3.94. The molecule has 0 saturated carbocycles. The molecule has 1 radical (unpaired) electrons. The van der Waals surface area contributed by atoms with Gasteiger partial charge in [-0.3, -0.25) is 4.98 Å². The van der Waals surface area contributed by atoms with E-state index in [1.165, 1.54) is 33.4 Å². The van der Waals surface area contributed by atoms with Crippen molar-refractivity contribution >= 4 is 33.1 Å². The zero-order chi connectivity index (χ0) is 53.1. The Kier molecular flexibility index (Phi) is 13.4. The minimum Gasteiger partial charge on any atom is -0.486 e. The van der Waals surface area contributed by atoms with Crippen LogP contribution >= 0.6 is 0 Å². The predicted octanol–water partition coefficient (Wildman–Crippen LogP) is 18.1. The van der Waals surface area contributed by atoms with Crippen LogP contribution in [0.3, 0.4) is 0 Å². The summed E-state index contributed by atoms with van der Waals surface area (Å²) in [6, 6.07) is 54.3. The Morgan fingerprint density at radius 3 is 1.85 bits per heavy atom. The minimum absolute atomic E-state index is 0. The third-order valence-corrected chi connectivity index (χ3v) is 13.5. The number of nitrogens with zero attached hydrogens (tertiary/aromatic N) is 4. The maximum absolute atomic E-state index is 8.62. The molecule has 0 N–H and O–H groups in total. The molecule has 6 heteroatoms. The molecule has 0 atom stereocenters. The van der Waals surface area contributed by atoms with Crippen molar-refractivity contribution in [2.75, 3.05) is 0 Å². The molecule has 4 heterocycles. The smallest absolute Gasteiger partial charge is 0.216 e. The monoisotopic (exact) mass is 1130 g/mol. The zero-order valence-electron chi connectivity index (χ0n) is 47.0. The second kappa shape index (κ2) is 20.2. The molecule has 10 aromatic rings. The fraction of sp³-hybridized carbons (Fsp3) is 0.288. The Morgan fingerprint density at radius 2 is 1.24 bits per heavy atom. The molecule has 0 amide bonds. The van der Waals surface area contributed by atoms with Crippen molar-refractivity contribution in [3.63, 3.8) is 0 Å². The minimum atomic E-state index is -2.42. The van der Waals surface area contributed by atoms with Gasteiger partial charge in [0.2, 0.25) is 5.71 Å². The maximum atomic E-state index is 8.62. The average molecular weight is 1130 g/mol. The summed E-state index contributed by atoms with van der Waals surface area (Å²) in [5.74, 6) is 0.986. The van der Waals surface area contributed by atoms with Crippen molar-refractivity contribution in [2.24, 2.45) is 0 Å². The molecular formula is C66H68IrN4O-2. The molecule has 0 fully saturated rings. The van der Waals surface area contributed by atoms with Crippen molar-refractivity contribution in [1.29, 1.82) is 0 Å². The number of pyridine rings is 2. The van der Waals surface area contributed by atoms with Gasteiger partial charge in [0.05, 0.1) is 28.1 Å². The molecule has 0 bridgehead atoms.